The van der Waals surface area contributed by atoms with Crippen LogP contribution in [0.15, 0.2) is 54.7 Å². The van der Waals surface area contributed by atoms with Gasteiger partial charge in [0, 0.05) is 24.5 Å². The first-order valence-corrected chi connectivity index (χ1v) is 7.27. The van der Waals surface area contributed by atoms with Gasteiger partial charge in [0.2, 0.25) is 5.91 Å². The van der Waals surface area contributed by atoms with Crippen molar-refractivity contribution in [3.63, 3.8) is 0 Å². The lowest BCUT2D eigenvalue weighted by Gasteiger charge is -2.05. The van der Waals surface area contributed by atoms with Crippen molar-refractivity contribution in [2.75, 3.05) is 10.6 Å². The molecule has 7 nitrogen and oxygen atoms in total. The summed E-state index contributed by atoms with van der Waals surface area (Å²) in [5.41, 5.74) is 2.90. The van der Waals surface area contributed by atoms with Gasteiger partial charge >= 0.3 is 0 Å². The molecule has 0 saturated heterocycles. The van der Waals surface area contributed by atoms with Crippen LogP contribution in [0.25, 0.3) is 11.4 Å². The highest BCUT2D eigenvalue weighted by atomic mass is 16.2. The molecule has 0 aliphatic rings. The fraction of sp³-hybridized carbons (Fsp3) is 0.0588. The lowest BCUT2D eigenvalue weighted by molar-refractivity contribution is -0.114. The smallest absolute Gasteiger partial charge is 0.273 e. The van der Waals surface area contributed by atoms with Crippen LogP contribution in [0.3, 0.4) is 0 Å². The molecule has 120 valence electrons. The Hall–Kier alpha value is -3.48. The fourth-order valence-electron chi connectivity index (χ4n) is 2.12. The molecule has 0 atom stereocenters. The van der Waals surface area contributed by atoms with Gasteiger partial charge in [-0.25, -0.2) is 0 Å². The van der Waals surface area contributed by atoms with Crippen molar-refractivity contribution in [3.05, 3.63) is 60.4 Å². The highest BCUT2D eigenvalue weighted by Gasteiger charge is 2.11. The van der Waals surface area contributed by atoms with Gasteiger partial charge in [0.15, 0.2) is 0 Å². The summed E-state index contributed by atoms with van der Waals surface area (Å²) in [5.74, 6) is -0.455. The maximum absolute atomic E-state index is 12.2. The Morgan fingerprint density at radius 3 is 2.29 bits per heavy atom. The van der Waals surface area contributed by atoms with E-state index in [1.807, 2.05) is 18.2 Å². The number of nitrogens with one attached hydrogen (secondary N) is 3. The Bertz CT molecular complexity index is 856. The maximum atomic E-state index is 12.2. The van der Waals surface area contributed by atoms with Gasteiger partial charge in [0.25, 0.3) is 5.91 Å². The van der Waals surface area contributed by atoms with Gasteiger partial charge in [-0.15, -0.1) is 0 Å². The minimum absolute atomic E-state index is 0.147. The van der Waals surface area contributed by atoms with Gasteiger partial charge < -0.3 is 10.6 Å². The number of aromatic amines is 1. The molecule has 0 bridgehead atoms. The minimum Gasteiger partial charge on any atom is -0.326 e. The predicted molar refractivity (Wildman–Crippen MR) is 90.5 cm³/mol. The molecule has 3 rings (SSSR count). The molecule has 1 aromatic carbocycles. The molecule has 0 unspecified atom stereocenters. The van der Waals surface area contributed by atoms with Gasteiger partial charge in [-0.2, -0.15) is 5.10 Å². The van der Waals surface area contributed by atoms with E-state index >= 15 is 0 Å². The zero-order chi connectivity index (χ0) is 16.9. The van der Waals surface area contributed by atoms with Crippen molar-refractivity contribution in [3.8, 4) is 11.4 Å². The second-order valence-corrected chi connectivity index (χ2v) is 5.09. The first kappa shape index (κ1) is 15.4. The van der Waals surface area contributed by atoms with Crippen LogP contribution in [-0.2, 0) is 4.79 Å². The van der Waals surface area contributed by atoms with Crippen molar-refractivity contribution in [2.45, 2.75) is 6.92 Å². The number of hydrogen-bond acceptors (Lipinski definition) is 4. The van der Waals surface area contributed by atoms with Crippen molar-refractivity contribution >= 4 is 23.2 Å². The fourth-order valence-corrected chi connectivity index (χ4v) is 2.12. The number of benzene rings is 1. The van der Waals surface area contributed by atoms with E-state index in [9.17, 15) is 9.59 Å². The highest BCUT2D eigenvalue weighted by Crippen LogP contribution is 2.17. The number of anilines is 2. The number of amides is 2. The number of carbonyl (C=O) groups is 2. The summed E-state index contributed by atoms with van der Waals surface area (Å²) in [5, 5.41) is 12.2. The van der Waals surface area contributed by atoms with E-state index in [0.717, 1.165) is 0 Å². The normalized spacial score (nSPS) is 10.2. The summed E-state index contributed by atoms with van der Waals surface area (Å²) in [6, 6.07) is 14.0. The summed E-state index contributed by atoms with van der Waals surface area (Å²) in [6.07, 6.45) is 1.67. The number of aromatic nitrogens is 3. The topological polar surface area (TPSA) is 99.8 Å². The van der Waals surface area contributed by atoms with Gasteiger partial charge in [0.05, 0.1) is 5.69 Å². The Kier molecular flexibility index (Phi) is 4.33. The number of carbonyl (C=O) groups excluding carboxylic acids is 2. The average molecular weight is 321 g/mol. The second kappa shape index (κ2) is 6.74. The van der Waals surface area contributed by atoms with E-state index < -0.39 is 0 Å². The SMILES string of the molecule is CC(=O)Nc1ccc(NC(=O)c2cc(-c3ccccn3)n[nH]2)cc1. The van der Waals surface area contributed by atoms with Gasteiger partial charge in [-0.05, 0) is 42.5 Å². The number of hydrogen-bond donors (Lipinski definition) is 3. The van der Waals surface area contributed by atoms with E-state index in [1.54, 1.807) is 36.5 Å². The van der Waals surface area contributed by atoms with E-state index in [-0.39, 0.29) is 11.8 Å². The average Bonchev–Trinajstić information content (AvgIpc) is 3.07. The molecule has 24 heavy (non-hydrogen) atoms. The number of pyridine rings is 1. The van der Waals surface area contributed by atoms with E-state index in [4.69, 9.17) is 0 Å². The van der Waals surface area contributed by atoms with Crippen molar-refractivity contribution in [1.82, 2.24) is 15.2 Å². The number of nitrogens with zero attached hydrogens (tertiary/aromatic N) is 2. The first-order chi connectivity index (χ1) is 11.6. The van der Waals surface area contributed by atoms with Crippen LogP contribution in [0.4, 0.5) is 11.4 Å². The molecule has 3 N–H and O–H groups in total. The summed E-state index contributed by atoms with van der Waals surface area (Å²) in [4.78, 5) is 27.4. The van der Waals surface area contributed by atoms with Crippen LogP contribution in [0.2, 0.25) is 0 Å². The van der Waals surface area contributed by atoms with Crippen LogP contribution in [-0.4, -0.2) is 27.0 Å². The molecule has 7 heteroatoms. The van der Waals surface area contributed by atoms with Gasteiger partial charge in [-0.3, -0.25) is 19.7 Å². The maximum Gasteiger partial charge on any atom is 0.273 e. The molecule has 0 radical (unpaired) electrons. The van der Waals surface area contributed by atoms with Crippen molar-refractivity contribution < 1.29 is 9.59 Å². The summed E-state index contributed by atoms with van der Waals surface area (Å²) >= 11 is 0. The minimum atomic E-state index is -0.308. The molecular weight excluding hydrogens is 306 g/mol. The second-order valence-electron chi connectivity index (χ2n) is 5.09. The van der Waals surface area contributed by atoms with Crippen LogP contribution in [0.1, 0.15) is 17.4 Å². The highest BCUT2D eigenvalue weighted by molar-refractivity contribution is 6.03. The van der Waals surface area contributed by atoms with Crippen LogP contribution < -0.4 is 10.6 Å². The number of H-pyrrole nitrogens is 1. The lowest BCUT2D eigenvalue weighted by atomic mass is 10.2. The Balaban J connectivity index is 1.69. The molecule has 3 aromatic rings. The third-order valence-electron chi connectivity index (χ3n) is 3.21. The third-order valence-corrected chi connectivity index (χ3v) is 3.21. The molecule has 0 saturated carbocycles. The standard InChI is InChI=1S/C17H15N5O2/c1-11(23)19-12-5-7-13(8-6-12)20-17(24)16-10-15(21-22-16)14-4-2-3-9-18-14/h2-10H,1H3,(H,19,23)(H,20,24)(H,21,22). The zero-order valence-corrected chi connectivity index (χ0v) is 12.9. The third kappa shape index (κ3) is 3.64. The van der Waals surface area contributed by atoms with E-state index in [0.29, 0.717) is 28.5 Å². The zero-order valence-electron chi connectivity index (χ0n) is 12.9. The predicted octanol–water partition coefficient (Wildman–Crippen LogP) is 2.68. The Morgan fingerprint density at radius 2 is 1.67 bits per heavy atom. The Labute approximate surface area is 138 Å². The largest absolute Gasteiger partial charge is 0.326 e. The molecule has 2 amide bonds. The quantitative estimate of drug-likeness (QED) is 0.688. The summed E-state index contributed by atoms with van der Waals surface area (Å²) < 4.78 is 0. The van der Waals surface area contributed by atoms with Crippen LogP contribution >= 0.6 is 0 Å². The van der Waals surface area contributed by atoms with E-state index in [1.165, 1.54) is 6.92 Å². The molecular formula is C17H15N5O2. The van der Waals surface area contributed by atoms with Crippen LogP contribution in [0.5, 0.6) is 0 Å². The lowest BCUT2D eigenvalue weighted by Crippen LogP contribution is -2.12. The molecule has 0 spiro atoms. The van der Waals surface area contributed by atoms with Gasteiger partial charge in [0.1, 0.15) is 11.4 Å². The monoisotopic (exact) mass is 321 g/mol. The number of rotatable bonds is 4. The Morgan fingerprint density at radius 1 is 0.958 bits per heavy atom. The molecule has 2 heterocycles. The summed E-state index contributed by atoms with van der Waals surface area (Å²) in [7, 11) is 0. The molecule has 0 aliphatic heterocycles. The van der Waals surface area contributed by atoms with E-state index in [2.05, 4.69) is 25.8 Å². The van der Waals surface area contributed by atoms with Gasteiger partial charge in [-0.1, -0.05) is 6.07 Å². The molecule has 0 aliphatic carbocycles. The molecule has 0 fully saturated rings. The van der Waals surface area contributed by atoms with Crippen LogP contribution in [0, 0.1) is 0 Å². The van der Waals surface area contributed by atoms with Crippen molar-refractivity contribution in [1.29, 1.82) is 0 Å². The molecule has 2 aromatic heterocycles. The van der Waals surface area contributed by atoms with Crippen molar-refractivity contribution in [2.24, 2.45) is 0 Å². The first-order valence-electron chi connectivity index (χ1n) is 7.27. The summed E-state index contributed by atoms with van der Waals surface area (Å²) in [6.45, 7) is 1.44.